The van der Waals surface area contributed by atoms with Crippen LogP contribution in [0.3, 0.4) is 0 Å². The Morgan fingerprint density at radius 3 is 1.50 bits per heavy atom. The SMILES string of the molecule is BrCc1ccc2cc1CCc1cc(ccc1CBr)CC2. The van der Waals surface area contributed by atoms with Gasteiger partial charge in [-0.3, -0.25) is 0 Å². The molecule has 2 aromatic carbocycles. The Bertz CT molecular complexity index is 561. The second-order valence-corrected chi connectivity index (χ2v) is 6.59. The number of alkyl halides is 2. The molecule has 0 radical (unpaired) electrons. The zero-order valence-electron chi connectivity index (χ0n) is 11.5. The third-order valence-corrected chi connectivity index (χ3v) is 5.40. The Hall–Kier alpha value is -0.600. The molecule has 0 N–H and O–H groups in total. The minimum atomic E-state index is 0.952. The van der Waals surface area contributed by atoms with Crippen LogP contribution in [0.5, 0.6) is 0 Å². The van der Waals surface area contributed by atoms with E-state index < -0.39 is 0 Å². The van der Waals surface area contributed by atoms with Gasteiger partial charge in [0, 0.05) is 10.7 Å². The van der Waals surface area contributed by atoms with Crippen LogP contribution in [0.25, 0.3) is 0 Å². The Morgan fingerprint density at radius 2 is 1.10 bits per heavy atom. The normalized spacial score (nSPS) is 14.1. The number of hydrogen-bond acceptors (Lipinski definition) is 0. The van der Waals surface area contributed by atoms with Crippen molar-refractivity contribution < 1.29 is 0 Å². The van der Waals surface area contributed by atoms with Gasteiger partial charge >= 0.3 is 0 Å². The monoisotopic (exact) mass is 392 g/mol. The molecule has 0 saturated carbocycles. The number of fused-ring (bicyclic) bond motifs is 4. The van der Waals surface area contributed by atoms with Gasteiger partial charge < -0.3 is 0 Å². The van der Waals surface area contributed by atoms with Crippen molar-refractivity contribution in [3.05, 3.63) is 69.8 Å². The molecule has 2 heteroatoms. The van der Waals surface area contributed by atoms with Crippen molar-refractivity contribution in [1.82, 2.24) is 0 Å². The van der Waals surface area contributed by atoms with E-state index in [4.69, 9.17) is 0 Å². The molecular formula is C18H18Br2. The van der Waals surface area contributed by atoms with Crippen LogP contribution in [0.2, 0.25) is 0 Å². The minimum absolute atomic E-state index is 0.952. The molecule has 20 heavy (non-hydrogen) atoms. The second kappa shape index (κ2) is 6.44. The highest BCUT2D eigenvalue weighted by Gasteiger charge is 2.10. The van der Waals surface area contributed by atoms with Crippen molar-refractivity contribution in [3.63, 3.8) is 0 Å². The van der Waals surface area contributed by atoms with Gasteiger partial charge in [0.05, 0.1) is 0 Å². The number of rotatable bonds is 2. The molecule has 2 aromatic rings. The summed E-state index contributed by atoms with van der Waals surface area (Å²) in [6.45, 7) is 0. The van der Waals surface area contributed by atoms with Gasteiger partial charge in [-0.2, -0.15) is 0 Å². The van der Waals surface area contributed by atoms with E-state index in [9.17, 15) is 0 Å². The molecule has 0 heterocycles. The molecule has 4 bridgehead atoms. The van der Waals surface area contributed by atoms with Crippen LogP contribution in [0.1, 0.15) is 33.4 Å². The highest BCUT2D eigenvalue weighted by atomic mass is 79.9. The van der Waals surface area contributed by atoms with Gasteiger partial charge in [-0.15, -0.1) is 0 Å². The molecule has 0 aromatic heterocycles. The molecule has 1 aliphatic rings. The third kappa shape index (κ3) is 3.01. The van der Waals surface area contributed by atoms with Gasteiger partial charge in [0.1, 0.15) is 0 Å². The lowest BCUT2D eigenvalue weighted by Crippen LogP contribution is -2.04. The van der Waals surface area contributed by atoms with E-state index in [-0.39, 0.29) is 0 Å². The van der Waals surface area contributed by atoms with E-state index in [1.807, 2.05) is 0 Å². The number of halogens is 2. The Labute approximate surface area is 137 Å². The first-order valence-corrected chi connectivity index (χ1v) is 9.37. The van der Waals surface area contributed by atoms with E-state index >= 15 is 0 Å². The van der Waals surface area contributed by atoms with Gasteiger partial charge in [0.15, 0.2) is 0 Å². The van der Waals surface area contributed by atoms with Gasteiger partial charge in [-0.05, 0) is 59.1 Å². The van der Waals surface area contributed by atoms with E-state index in [2.05, 4.69) is 68.3 Å². The summed E-state index contributed by atoms with van der Waals surface area (Å²) in [4.78, 5) is 0. The van der Waals surface area contributed by atoms with Crippen molar-refractivity contribution in [2.45, 2.75) is 36.3 Å². The smallest absolute Gasteiger partial charge is 0.0285 e. The maximum Gasteiger partial charge on any atom is 0.0285 e. The fourth-order valence-corrected chi connectivity index (χ4v) is 4.05. The average molecular weight is 394 g/mol. The van der Waals surface area contributed by atoms with Crippen LogP contribution >= 0.6 is 31.9 Å². The van der Waals surface area contributed by atoms with E-state index in [0.29, 0.717) is 0 Å². The highest BCUT2D eigenvalue weighted by Crippen LogP contribution is 2.24. The summed E-state index contributed by atoms with van der Waals surface area (Å²) in [7, 11) is 0. The molecule has 0 saturated heterocycles. The van der Waals surface area contributed by atoms with Crippen LogP contribution in [0.15, 0.2) is 36.4 Å². The predicted octanol–water partition coefficient (Wildman–Crippen LogP) is 5.36. The molecule has 0 atom stereocenters. The van der Waals surface area contributed by atoms with Gasteiger partial charge in [0.25, 0.3) is 0 Å². The average Bonchev–Trinajstić information content (AvgIpc) is 2.50. The minimum Gasteiger partial charge on any atom is -0.0876 e. The molecule has 0 fully saturated rings. The molecule has 0 aliphatic heterocycles. The first-order valence-electron chi connectivity index (χ1n) is 7.13. The summed E-state index contributed by atoms with van der Waals surface area (Å²) >= 11 is 7.23. The quantitative estimate of drug-likeness (QED) is 0.602. The Morgan fingerprint density at radius 1 is 0.650 bits per heavy atom. The standard InChI is InChI=1S/C18H18Br2/c19-11-17-5-3-13-1-2-14-4-6-18(12-20)16(10-14)8-7-15(17)9-13/h3-6,9-10H,1-2,7-8,11-12H2. The van der Waals surface area contributed by atoms with E-state index in [1.54, 1.807) is 0 Å². The molecule has 104 valence electrons. The van der Waals surface area contributed by atoms with Crippen molar-refractivity contribution in [1.29, 1.82) is 0 Å². The van der Waals surface area contributed by atoms with Crippen molar-refractivity contribution in [2.24, 2.45) is 0 Å². The maximum atomic E-state index is 3.61. The molecule has 1 aliphatic carbocycles. The molecule has 3 rings (SSSR count). The Balaban J connectivity index is 1.99. The summed E-state index contributed by atoms with van der Waals surface area (Å²) in [5.41, 5.74) is 8.83. The van der Waals surface area contributed by atoms with Crippen LogP contribution in [-0.2, 0) is 36.3 Å². The largest absolute Gasteiger partial charge is 0.0876 e. The lowest BCUT2D eigenvalue weighted by atomic mass is 9.91. The van der Waals surface area contributed by atoms with Gasteiger partial charge in [-0.25, -0.2) is 0 Å². The van der Waals surface area contributed by atoms with E-state index in [0.717, 1.165) is 36.3 Å². The fraction of sp³-hybridized carbons (Fsp3) is 0.333. The predicted molar refractivity (Wildman–Crippen MR) is 93.0 cm³/mol. The van der Waals surface area contributed by atoms with Crippen molar-refractivity contribution in [2.75, 3.05) is 0 Å². The van der Waals surface area contributed by atoms with E-state index in [1.165, 1.54) is 33.4 Å². The lowest BCUT2D eigenvalue weighted by Gasteiger charge is -2.16. The molecule has 0 unspecified atom stereocenters. The zero-order valence-corrected chi connectivity index (χ0v) is 14.6. The zero-order chi connectivity index (χ0) is 13.9. The molecule has 0 nitrogen and oxygen atoms in total. The van der Waals surface area contributed by atoms with Crippen LogP contribution in [0, 0.1) is 0 Å². The number of benzene rings is 2. The fourth-order valence-electron chi connectivity index (χ4n) is 2.95. The molecule has 0 amide bonds. The van der Waals surface area contributed by atoms with Crippen LogP contribution < -0.4 is 0 Å². The summed E-state index contributed by atoms with van der Waals surface area (Å²) < 4.78 is 0. The summed E-state index contributed by atoms with van der Waals surface area (Å²) in [6.07, 6.45) is 4.56. The van der Waals surface area contributed by atoms with Crippen LogP contribution in [-0.4, -0.2) is 0 Å². The number of aryl methyl sites for hydroxylation is 4. The Kier molecular flexibility index (Phi) is 4.62. The summed E-state index contributed by atoms with van der Waals surface area (Å²) in [5, 5.41) is 1.90. The second-order valence-electron chi connectivity index (χ2n) is 5.47. The lowest BCUT2D eigenvalue weighted by molar-refractivity contribution is 0.889. The number of hydrogen-bond donors (Lipinski definition) is 0. The van der Waals surface area contributed by atoms with Crippen molar-refractivity contribution >= 4 is 31.9 Å². The summed E-state index contributed by atoms with van der Waals surface area (Å²) in [6, 6.07) is 14.0. The van der Waals surface area contributed by atoms with Crippen LogP contribution in [0.4, 0.5) is 0 Å². The maximum absolute atomic E-state index is 3.61. The molecule has 0 spiro atoms. The highest BCUT2D eigenvalue weighted by molar-refractivity contribution is 9.08. The first kappa shape index (κ1) is 14.3. The van der Waals surface area contributed by atoms with Crippen molar-refractivity contribution in [3.8, 4) is 0 Å². The summed E-state index contributed by atoms with van der Waals surface area (Å²) in [5.74, 6) is 0. The van der Waals surface area contributed by atoms with Gasteiger partial charge in [0.2, 0.25) is 0 Å². The van der Waals surface area contributed by atoms with Gasteiger partial charge in [-0.1, -0.05) is 68.3 Å². The topological polar surface area (TPSA) is 0 Å². The third-order valence-electron chi connectivity index (χ3n) is 4.20. The first-order chi connectivity index (χ1) is 9.80. The molecular weight excluding hydrogens is 376 g/mol.